The van der Waals surface area contributed by atoms with Gasteiger partial charge in [-0.25, -0.2) is 0 Å². The van der Waals surface area contributed by atoms with Crippen molar-refractivity contribution >= 4 is 29.3 Å². The van der Waals surface area contributed by atoms with Crippen LogP contribution in [0.5, 0.6) is 5.75 Å². The van der Waals surface area contributed by atoms with Crippen molar-refractivity contribution < 1.29 is 19.2 Å². The van der Waals surface area contributed by atoms with Crippen molar-refractivity contribution in [3.8, 4) is 5.75 Å². The molecule has 180 valence electrons. The van der Waals surface area contributed by atoms with Crippen molar-refractivity contribution in [1.82, 2.24) is 15.5 Å². The molecular formula is C24H28N4O5S. The Morgan fingerprint density at radius 3 is 2.74 bits per heavy atom. The van der Waals surface area contributed by atoms with Gasteiger partial charge >= 0.3 is 0 Å². The normalized spacial score (nSPS) is 19.1. The Kier molecular flexibility index (Phi) is 7.38. The fraction of sp³-hybridized carbons (Fsp3) is 0.417. The summed E-state index contributed by atoms with van der Waals surface area (Å²) >= 11 is 1.73. The Hall–Kier alpha value is -3.11. The number of carbonyl (C=O) groups is 2. The highest BCUT2D eigenvalue weighted by Gasteiger charge is 2.44. The first-order valence-electron chi connectivity index (χ1n) is 11.3. The number of amides is 2. The van der Waals surface area contributed by atoms with Crippen LogP contribution in [0.4, 0.5) is 5.69 Å². The van der Waals surface area contributed by atoms with Gasteiger partial charge in [-0.2, -0.15) is 0 Å². The maximum atomic E-state index is 12.8. The molecule has 0 radical (unpaired) electrons. The Balaban J connectivity index is 1.26. The topological polar surface area (TPSA) is 114 Å². The molecular weight excluding hydrogens is 456 g/mol. The lowest BCUT2D eigenvalue weighted by molar-refractivity contribution is -0.384. The molecule has 2 aliphatic rings. The molecule has 2 aromatic carbocycles. The van der Waals surface area contributed by atoms with Crippen molar-refractivity contribution in [3.05, 3.63) is 69.8 Å². The van der Waals surface area contributed by atoms with Crippen molar-refractivity contribution in [3.63, 3.8) is 0 Å². The molecule has 2 aromatic rings. The van der Waals surface area contributed by atoms with Gasteiger partial charge in [0.05, 0.1) is 22.9 Å². The average molecular weight is 485 g/mol. The highest BCUT2D eigenvalue weighted by molar-refractivity contribution is 8.01. The lowest BCUT2D eigenvalue weighted by Crippen LogP contribution is -2.54. The minimum atomic E-state index is -0.497. The molecule has 9 nitrogen and oxygen atoms in total. The molecule has 1 spiro atoms. The van der Waals surface area contributed by atoms with Crippen LogP contribution in [0, 0.1) is 10.1 Å². The van der Waals surface area contributed by atoms with Crippen molar-refractivity contribution in [2.75, 3.05) is 32.5 Å². The molecule has 2 amide bonds. The van der Waals surface area contributed by atoms with E-state index in [0.717, 1.165) is 11.3 Å². The summed E-state index contributed by atoms with van der Waals surface area (Å²) in [5.41, 5.74) is 1.28. The van der Waals surface area contributed by atoms with E-state index in [2.05, 4.69) is 10.6 Å². The summed E-state index contributed by atoms with van der Waals surface area (Å²) in [7, 11) is 1.64. The minimum Gasteiger partial charge on any atom is -0.496 e. The Morgan fingerprint density at radius 1 is 1.24 bits per heavy atom. The fourth-order valence-electron chi connectivity index (χ4n) is 4.43. The molecule has 2 aliphatic heterocycles. The third-order valence-electron chi connectivity index (χ3n) is 6.33. The number of benzene rings is 2. The Morgan fingerprint density at radius 2 is 2.00 bits per heavy atom. The molecule has 10 heteroatoms. The van der Waals surface area contributed by atoms with E-state index in [1.807, 2.05) is 24.3 Å². The van der Waals surface area contributed by atoms with E-state index in [1.54, 1.807) is 29.8 Å². The molecule has 0 aliphatic carbocycles. The molecule has 1 atom stereocenters. The number of likely N-dealkylation sites (tertiary alicyclic amines) is 1. The summed E-state index contributed by atoms with van der Waals surface area (Å²) in [6.07, 6.45) is 2.11. The predicted octanol–water partition coefficient (Wildman–Crippen LogP) is 2.60. The molecule has 2 heterocycles. The van der Waals surface area contributed by atoms with Gasteiger partial charge in [0.2, 0.25) is 5.91 Å². The van der Waals surface area contributed by atoms with E-state index in [0.29, 0.717) is 50.2 Å². The van der Waals surface area contributed by atoms with Gasteiger partial charge in [0, 0.05) is 43.1 Å². The number of para-hydroxylation sites is 1. The van der Waals surface area contributed by atoms with Crippen LogP contribution in [0.3, 0.4) is 0 Å². The highest BCUT2D eigenvalue weighted by Crippen LogP contribution is 2.39. The standard InChI is InChI=1S/C24H28N4O5S/c1-33-21-8-3-2-5-17(21)9-12-25-22(29)20-16-34-24(26-20)10-13-27(14-11-24)23(30)18-6-4-7-19(15-18)28(31)32/h2-8,15,20,26H,9-14,16H2,1H3,(H,25,29). The van der Waals surface area contributed by atoms with Gasteiger partial charge in [-0.3, -0.25) is 25.0 Å². The van der Waals surface area contributed by atoms with Gasteiger partial charge in [0.1, 0.15) is 5.75 Å². The van der Waals surface area contributed by atoms with Gasteiger partial charge in [-0.05, 0) is 37.0 Å². The van der Waals surface area contributed by atoms with Crippen molar-refractivity contribution in [2.24, 2.45) is 0 Å². The molecule has 2 fully saturated rings. The first-order valence-corrected chi connectivity index (χ1v) is 12.2. The molecule has 0 bridgehead atoms. The zero-order chi connectivity index (χ0) is 24.1. The van der Waals surface area contributed by atoms with Crippen molar-refractivity contribution in [2.45, 2.75) is 30.2 Å². The van der Waals surface area contributed by atoms with Crippen LogP contribution in [0.15, 0.2) is 48.5 Å². The summed E-state index contributed by atoms with van der Waals surface area (Å²) < 4.78 is 5.36. The molecule has 2 N–H and O–H groups in total. The van der Waals surface area contributed by atoms with Gasteiger partial charge in [0.15, 0.2) is 0 Å². The number of nitro benzene ring substituents is 1. The number of thioether (sulfide) groups is 1. The van der Waals surface area contributed by atoms with E-state index in [4.69, 9.17) is 4.74 Å². The number of hydrogen-bond acceptors (Lipinski definition) is 7. The van der Waals surface area contributed by atoms with Gasteiger partial charge < -0.3 is 15.0 Å². The number of nitro groups is 1. The molecule has 34 heavy (non-hydrogen) atoms. The van der Waals surface area contributed by atoms with Crippen LogP contribution >= 0.6 is 11.8 Å². The number of nitrogens with one attached hydrogen (secondary N) is 2. The summed E-state index contributed by atoms with van der Waals surface area (Å²) in [5, 5.41) is 17.5. The van der Waals surface area contributed by atoms with Crippen LogP contribution in [0.1, 0.15) is 28.8 Å². The Bertz CT molecular complexity index is 1070. The second-order valence-corrected chi connectivity index (χ2v) is 9.86. The monoisotopic (exact) mass is 484 g/mol. The number of non-ortho nitro benzene ring substituents is 1. The second kappa shape index (κ2) is 10.4. The molecule has 2 saturated heterocycles. The zero-order valence-corrected chi connectivity index (χ0v) is 19.8. The maximum absolute atomic E-state index is 12.8. The molecule has 4 rings (SSSR count). The summed E-state index contributed by atoms with van der Waals surface area (Å²) in [5.74, 6) is 1.28. The summed E-state index contributed by atoms with van der Waals surface area (Å²) in [6, 6.07) is 13.3. The fourth-order valence-corrected chi connectivity index (χ4v) is 5.85. The number of piperidine rings is 1. The predicted molar refractivity (Wildman–Crippen MR) is 130 cm³/mol. The van der Waals surface area contributed by atoms with Crippen LogP contribution in [-0.2, 0) is 11.2 Å². The number of hydrogen-bond donors (Lipinski definition) is 2. The van der Waals surface area contributed by atoms with Crippen LogP contribution < -0.4 is 15.4 Å². The summed E-state index contributed by atoms with van der Waals surface area (Å²) in [4.78, 5) is 37.6. The smallest absolute Gasteiger partial charge is 0.270 e. The quantitative estimate of drug-likeness (QED) is 0.459. The lowest BCUT2D eigenvalue weighted by atomic mass is 10.0. The van der Waals surface area contributed by atoms with E-state index >= 15 is 0 Å². The molecule has 0 saturated carbocycles. The SMILES string of the molecule is COc1ccccc1CCNC(=O)C1CSC2(CCN(C(=O)c3cccc([N+](=O)[O-])c3)CC2)N1. The van der Waals surface area contributed by atoms with E-state index in [-0.39, 0.29) is 28.4 Å². The van der Waals surface area contributed by atoms with E-state index in [1.165, 1.54) is 18.2 Å². The van der Waals surface area contributed by atoms with E-state index in [9.17, 15) is 19.7 Å². The van der Waals surface area contributed by atoms with Crippen molar-refractivity contribution in [1.29, 1.82) is 0 Å². The number of carbonyl (C=O) groups excluding carboxylic acids is 2. The van der Waals surface area contributed by atoms with Gasteiger partial charge in [-0.1, -0.05) is 24.3 Å². The molecule has 0 aromatic heterocycles. The Labute approximate surface area is 202 Å². The van der Waals surface area contributed by atoms with Gasteiger partial charge in [0.25, 0.3) is 11.6 Å². The minimum absolute atomic E-state index is 0.0191. The first kappa shape index (κ1) is 24.0. The average Bonchev–Trinajstić information content (AvgIpc) is 3.28. The maximum Gasteiger partial charge on any atom is 0.270 e. The molecule has 1 unspecified atom stereocenters. The number of methoxy groups -OCH3 is 1. The summed E-state index contributed by atoms with van der Waals surface area (Å²) in [6.45, 7) is 1.59. The van der Waals surface area contributed by atoms with E-state index < -0.39 is 4.92 Å². The first-order chi connectivity index (χ1) is 16.4. The largest absolute Gasteiger partial charge is 0.496 e. The third-order valence-corrected chi connectivity index (χ3v) is 7.91. The number of ether oxygens (including phenoxy) is 1. The zero-order valence-electron chi connectivity index (χ0n) is 19.0. The number of nitrogens with zero attached hydrogens (tertiary/aromatic N) is 2. The third kappa shape index (κ3) is 5.34. The van der Waals surface area contributed by atoms with Gasteiger partial charge in [-0.15, -0.1) is 11.8 Å². The lowest BCUT2D eigenvalue weighted by Gasteiger charge is -2.39. The second-order valence-electron chi connectivity index (χ2n) is 8.45. The van der Waals surface area contributed by atoms with Crippen LogP contribution in [0.2, 0.25) is 0 Å². The van der Waals surface area contributed by atoms with Crippen LogP contribution in [0.25, 0.3) is 0 Å². The highest BCUT2D eigenvalue weighted by atomic mass is 32.2. The number of rotatable bonds is 7. The van der Waals surface area contributed by atoms with Crippen LogP contribution in [-0.4, -0.2) is 65.0 Å².